The number of carboxylic acid groups (broad SMARTS) is 1. The van der Waals surface area contributed by atoms with E-state index in [-0.39, 0.29) is 24.0 Å². The fourth-order valence-electron chi connectivity index (χ4n) is 1.27. The molecule has 0 radical (unpaired) electrons. The Morgan fingerprint density at radius 1 is 1.53 bits per heavy atom. The maximum absolute atomic E-state index is 11.2. The molecule has 0 atom stereocenters. The number of aromatic amines is 1. The number of fused-ring (bicyclic) bond motifs is 1. The Kier molecular flexibility index (Phi) is 2.20. The van der Waals surface area contributed by atoms with Crippen molar-refractivity contribution in [3.63, 3.8) is 0 Å². The highest BCUT2D eigenvalue weighted by molar-refractivity contribution is 5.70. The van der Waals surface area contributed by atoms with Crippen LogP contribution < -0.4 is 5.56 Å². The number of rotatable bonds is 3. The highest BCUT2D eigenvalue weighted by Crippen LogP contribution is 2.04. The van der Waals surface area contributed by atoms with Gasteiger partial charge in [0, 0.05) is 6.54 Å². The summed E-state index contributed by atoms with van der Waals surface area (Å²) in [6.45, 7) is 0.252. The van der Waals surface area contributed by atoms with E-state index in [9.17, 15) is 9.59 Å². The second-order valence-corrected chi connectivity index (χ2v) is 2.99. The average molecular weight is 208 g/mol. The van der Waals surface area contributed by atoms with Crippen LogP contribution in [0.4, 0.5) is 0 Å². The van der Waals surface area contributed by atoms with Crippen molar-refractivity contribution in [3.8, 4) is 0 Å². The van der Waals surface area contributed by atoms with Crippen molar-refractivity contribution in [2.24, 2.45) is 0 Å². The van der Waals surface area contributed by atoms with Crippen molar-refractivity contribution in [3.05, 3.63) is 23.0 Å². The van der Waals surface area contributed by atoms with E-state index in [1.165, 1.54) is 12.7 Å². The molecule has 0 spiro atoms. The van der Waals surface area contributed by atoms with Gasteiger partial charge >= 0.3 is 5.97 Å². The minimum atomic E-state index is -0.901. The van der Waals surface area contributed by atoms with E-state index in [0.717, 1.165) is 0 Å². The highest BCUT2D eigenvalue weighted by Gasteiger charge is 2.07. The molecule has 0 saturated heterocycles. The molecule has 0 unspecified atom stereocenters. The molecule has 15 heavy (non-hydrogen) atoms. The third-order valence-electron chi connectivity index (χ3n) is 1.97. The van der Waals surface area contributed by atoms with Crippen LogP contribution >= 0.6 is 0 Å². The topological polar surface area (TPSA) is 101 Å². The highest BCUT2D eigenvalue weighted by atomic mass is 16.4. The Balaban J connectivity index is 2.41. The molecule has 2 aromatic rings. The number of aryl methyl sites for hydroxylation is 1. The predicted octanol–water partition coefficient (Wildman–Crippen LogP) is -0.406. The van der Waals surface area contributed by atoms with Crippen LogP contribution in [0.5, 0.6) is 0 Å². The zero-order valence-electron chi connectivity index (χ0n) is 7.67. The first kappa shape index (κ1) is 9.38. The molecule has 0 aliphatic rings. The number of aliphatic carboxylic acids is 1. The number of nitrogens with one attached hydrogen (secondary N) is 1. The van der Waals surface area contributed by atoms with Gasteiger partial charge in [-0.3, -0.25) is 9.59 Å². The molecule has 0 aliphatic carbocycles. The van der Waals surface area contributed by atoms with Gasteiger partial charge in [0.15, 0.2) is 11.2 Å². The molecule has 0 aliphatic heterocycles. The zero-order chi connectivity index (χ0) is 10.8. The molecule has 7 heteroatoms. The van der Waals surface area contributed by atoms with Gasteiger partial charge in [-0.1, -0.05) is 0 Å². The Morgan fingerprint density at radius 3 is 3.07 bits per heavy atom. The summed E-state index contributed by atoms with van der Waals surface area (Å²) in [6.07, 6.45) is 2.65. The van der Waals surface area contributed by atoms with Crippen LogP contribution in [0.2, 0.25) is 0 Å². The van der Waals surface area contributed by atoms with Gasteiger partial charge in [-0.2, -0.15) is 0 Å². The van der Waals surface area contributed by atoms with Crippen molar-refractivity contribution in [2.45, 2.75) is 13.0 Å². The number of imidazole rings is 1. The molecule has 7 nitrogen and oxygen atoms in total. The molecule has 2 rings (SSSR count). The second kappa shape index (κ2) is 3.52. The Labute approximate surface area is 83.4 Å². The molecule has 0 bridgehead atoms. The molecule has 2 heterocycles. The zero-order valence-corrected chi connectivity index (χ0v) is 7.67. The monoisotopic (exact) mass is 208 g/mol. The lowest BCUT2D eigenvalue weighted by Gasteiger charge is -1.99. The number of nitrogens with zero attached hydrogens (tertiary/aromatic N) is 3. The van der Waals surface area contributed by atoms with Crippen LogP contribution in [0.1, 0.15) is 6.42 Å². The van der Waals surface area contributed by atoms with Gasteiger partial charge in [-0.15, -0.1) is 0 Å². The van der Waals surface area contributed by atoms with Crippen LogP contribution in [-0.4, -0.2) is 30.6 Å². The summed E-state index contributed by atoms with van der Waals surface area (Å²) in [5.41, 5.74) is 0.303. The average Bonchev–Trinajstić information content (AvgIpc) is 2.59. The van der Waals surface area contributed by atoms with E-state index in [1.54, 1.807) is 4.57 Å². The summed E-state index contributed by atoms with van der Waals surface area (Å²) in [7, 11) is 0. The first-order valence-corrected chi connectivity index (χ1v) is 4.29. The minimum absolute atomic E-state index is 0.0278. The number of aromatic nitrogens is 4. The van der Waals surface area contributed by atoms with E-state index in [0.29, 0.717) is 5.65 Å². The molecular weight excluding hydrogens is 200 g/mol. The van der Waals surface area contributed by atoms with Gasteiger partial charge in [0.25, 0.3) is 5.56 Å². The van der Waals surface area contributed by atoms with Crippen molar-refractivity contribution in [2.75, 3.05) is 0 Å². The number of carbonyl (C=O) groups is 1. The lowest BCUT2D eigenvalue weighted by atomic mass is 10.4. The molecule has 0 amide bonds. The Hall–Kier alpha value is -2.18. The van der Waals surface area contributed by atoms with Crippen molar-refractivity contribution in [1.29, 1.82) is 0 Å². The van der Waals surface area contributed by atoms with Crippen LogP contribution in [-0.2, 0) is 11.3 Å². The van der Waals surface area contributed by atoms with E-state index in [1.807, 2.05) is 0 Å². The van der Waals surface area contributed by atoms with Crippen LogP contribution in [0.15, 0.2) is 17.4 Å². The number of carboxylic acids is 1. The second-order valence-electron chi connectivity index (χ2n) is 2.99. The SMILES string of the molecule is O=C(O)CCn1cnc2c(=O)[nH]cnc21. The summed E-state index contributed by atoms with van der Waals surface area (Å²) >= 11 is 0. The summed E-state index contributed by atoms with van der Waals surface area (Å²) in [5.74, 6) is -0.901. The fourth-order valence-corrected chi connectivity index (χ4v) is 1.27. The third-order valence-corrected chi connectivity index (χ3v) is 1.97. The molecular formula is C8H8N4O3. The normalized spacial score (nSPS) is 10.7. The summed E-state index contributed by atoms with van der Waals surface area (Å²) in [5, 5.41) is 8.52. The molecule has 0 fully saturated rings. The molecule has 2 aromatic heterocycles. The standard InChI is InChI=1S/C8H8N4O3/c13-5(14)1-2-12-4-11-6-7(12)9-3-10-8(6)15/h3-4H,1-2H2,(H,13,14)(H,9,10,15). The van der Waals surface area contributed by atoms with Gasteiger partial charge in [0.1, 0.15) is 0 Å². The number of hydrogen-bond donors (Lipinski definition) is 2. The predicted molar refractivity (Wildman–Crippen MR) is 50.4 cm³/mol. The van der Waals surface area contributed by atoms with E-state index in [2.05, 4.69) is 15.0 Å². The summed E-state index contributed by atoms with van der Waals surface area (Å²) < 4.78 is 1.54. The van der Waals surface area contributed by atoms with Gasteiger partial charge in [-0.05, 0) is 0 Å². The van der Waals surface area contributed by atoms with Gasteiger partial charge in [0.2, 0.25) is 0 Å². The quantitative estimate of drug-likeness (QED) is 0.714. The summed E-state index contributed by atoms with van der Waals surface area (Å²) in [6, 6.07) is 0. The first-order chi connectivity index (χ1) is 7.18. The summed E-state index contributed by atoms with van der Waals surface area (Å²) in [4.78, 5) is 31.8. The van der Waals surface area contributed by atoms with E-state index < -0.39 is 5.97 Å². The maximum Gasteiger partial charge on any atom is 0.305 e. The lowest BCUT2D eigenvalue weighted by molar-refractivity contribution is -0.137. The van der Waals surface area contributed by atoms with Gasteiger partial charge in [-0.25, -0.2) is 9.97 Å². The largest absolute Gasteiger partial charge is 0.481 e. The molecule has 78 valence electrons. The van der Waals surface area contributed by atoms with Gasteiger partial charge in [0.05, 0.1) is 19.1 Å². The van der Waals surface area contributed by atoms with E-state index in [4.69, 9.17) is 5.11 Å². The number of H-pyrrole nitrogens is 1. The third kappa shape index (κ3) is 1.71. The van der Waals surface area contributed by atoms with Crippen LogP contribution in [0.3, 0.4) is 0 Å². The lowest BCUT2D eigenvalue weighted by Crippen LogP contribution is -2.08. The Morgan fingerprint density at radius 2 is 2.33 bits per heavy atom. The number of hydrogen-bond acceptors (Lipinski definition) is 4. The molecule has 0 aromatic carbocycles. The van der Waals surface area contributed by atoms with Crippen LogP contribution in [0.25, 0.3) is 11.2 Å². The Bertz CT molecular complexity index is 556. The van der Waals surface area contributed by atoms with Gasteiger partial charge < -0.3 is 14.7 Å². The smallest absolute Gasteiger partial charge is 0.305 e. The van der Waals surface area contributed by atoms with Crippen molar-refractivity contribution < 1.29 is 9.90 Å². The maximum atomic E-state index is 11.2. The molecule has 0 saturated carbocycles. The fraction of sp³-hybridized carbons (Fsp3) is 0.250. The van der Waals surface area contributed by atoms with Crippen LogP contribution in [0, 0.1) is 0 Å². The van der Waals surface area contributed by atoms with E-state index >= 15 is 0 Å². The molecule has 2 N–H and O–H groups in total. The van der Waals surface area contributed by atoms with Crippen molar-refractivity contribution in [1.82, 2.24) is 19.5 Å². The first-order valence-electron chi connectivity index (χ1n) is 4.29. The minimum Gasteiger partial charge on any atom is -0.481 e. The van der Waals surface area contributed by atoms with Crippen molar-refractivity contribution >= 4 is 17.1 Å².